The van der Waals surface area contributed by atoms with E-state index < -0.39 is 35.0 Å². The van der Waals surface area contributed by atoms with E-state index in [1.165, 1.54) is 27.4 Å². The van der Waals surface area contributed by atoms with Crippen molar-refractivity contribution < 1.29 is 38.1 Å². The Morgan fingerprint density at radius 3 is 2.28 bits per heavy atom. The Labute approximate surface area is 253 Å². The second kappa shape index (κ2) is 10.3. The topological polar surface area (TPSA) is 109 Å². The molecule has 0 radical (unpaired) electrons. The zero-order valence-corrected chi connectivity index (χ0v) is 25.3. The molecular formula is C33H30ClNO8. The van der Waals surface area contributed by atoms with Gasteiger partial charge in [-0.05, 0) is 30.4 Å². The van der Waals surface area contributed by atoms with Crippen LogP contribution in [0.25, 0.3) is 10.8 Å². The summed E-state index contributed by atoms with van der Waals surface area (Å²) in [7, 11) is 5.73. The van der Waals surface area contributed by atoms with E-state index in [4.69, 9.17) is 35.3 Å². The third-order valence-corrected chi connectivity index (χ3v) is 9.06. The second-order valence-electron chi connectivity index (χ2n) is 10.8. The molecule has 9 nitrogen and oxygen atoms in total. The Kier molecular flexibility index (Phi) is 6.88. The fraction of sp³-hybridized carbons (Fsp3) is 0.303. The van der Waals surface area contributed by atoms with Crippen molar-refractivity contribution >= 4 is 39.9 Å². The summed E-state index contributed by atoms with van der Waals surface area (Å²) in [5, 5.41) is 4.94. The molecule has 1 aliphatic carbocycles. The third-order valence-electron chi connectivity index (χ3n) is 8.70. The highest BCUT2D eigenvalue weighted by Gasteiger charge is 2.63. The summed E-state index contributed by atoms with van der Waals surface area (Å²) >= 11 is 6.63. The molecule has 0 unspecified atom stereocenters. The number of benzene rings is 3. The first-order valence-corrected chi connectivity index (χ1v) is 14.1. The zero-order valence-electron chi connectivity index (χ0n) is 24.5. The maximum Gasteiger partial charge on any atom is 0.336 e. The third kappa shape index (κ3) is 3.87. The van der Waals surface area contributed by atoms with Gasteiger partial charge < -0.3 is 29.0 Å². The predicted molar refractivity (Wildman–Crippen MR) is 159 cm³/mol. The van der Waals surface area contributed by atoms with Crippen molar-refractivity contribution in [2.24, 2.45) is 5.92 Å². The van der Waals surface area contributed by atoms with Gasteiger partial charge in [0.2, 0.25) is 17.2 Å². The van der Waals surface area contributed by atoms with E-state index >= 15 is 0 Å². The van der Waals surface area contributed by atoms with E-state index in [1.54, 1.807) is 27.0 Å². The lowest BCUT2D eigenvalue weighted by molar-refractivity contribution is -0.136. The SMILES string of the molecule is COC(=O)C1=C(C)NC2=C(C(=O)[C@@]3(Oc4c(Cl)c(OC)cc(OC)c4C3=O)[C@H](C)C2)[C@@H]1c1ccc(OC)c2ccccc12. The van der Waals surface area contributed by atoms with Crippen molar-refractivity contribution in [2.45, 2.75) is 31.8 Å². The van der Waals surface area contributed by atoms with Gasteiger partial charge in [-0.1, -0.05) is 48.9 Å². The first kappa shape index (κ1) is 28.6. The van der Waals surface area contributed by atoms with Crippen molar-refractivity contribution in [1.29, 1.82) is 0 Å². The first-order chi connectivity index (χ1) is 20.6. The lowest BCUT2D eigenvalue weighted by Crippen LogP contribution is -2.58. The first-order valence-electron chi connectivity index (χ1n) is 13.7. The second-order valence-corrected chi connectivity index (χ2v) is 11.2. The molecule has 3 aromatic carbocycles. The molecule has 2 heterocycles. The number of esters is 1. The lowest BCUT2D eigenvalue weighted by atomic mass is 9.65. The van der Waals surface area contributed by atoms with Gasteiger partial charge in [-0.15, -0.1) is 0 Å². The number of Topliss-reactive ketones (excluding diaryl/α,β-unsaturated/α-hetero) is 2. The molecule has 0 saturated heterocycles. The molecule has 43 heavy (non-hydrogen) atoms. The fourth-order valence-corrected chi connectivity index (χ4v) is 6.96. The molecule has 6 rings (SSSR count). The Morgan fingerprint density at radius 2 is 1.63 bits per heavy atom. The monoisotopic (exact) mass is 603 g/mol. The molecule has 2 aliphatic heterocycles. The lowest BCUT2D eigenvalue weighted by Gasteiger charge is -2.42. The molecule has 0 amide bonds. The maximum atomic E-state index is 15.0. The predicted octanol–water partition coefficient (Wildman–Crippen LogP) is 5.53. The standard InChI is InChI=1S/C33H30ClNO8/c1-15-13-20-26(30(36)33(15)31(37)27-22(40-4)14-23(41-5)28(34)29(27)43-33)25(24(16(2)35-20)32(38)42-6)19-11-12-21(39-3)18-10-8-7-9-17(18)19/h7-12,14-15,25,35H,13H2,1-6H3/t15-,25-,33+/m1/s1. The molecule has 10 heteroatoms. The number of methoxy groups -OCH3 is 4. The van der Waals surface area contributed by atoms with E-state index in [-0.39, 0.29) is 45.4 Å². The molecule has 3 atom stereocenters. The van der Waals surface area contributed by atoms with Crippen LogP contribution >= 0.6 is 11.6 Å². The number of hydrogen-bond acceptors (Lipinski definition) is 9. The Balaban J connectivity index is 1.60. The van der Waals surface area contributed by atoms with Crippen LogP contribution in [-0.4, -0.2) is 51.6 Å². The van der Waals surface area contributed by atoms with E-state index in [2.05, 4.69) is 5.32 Å². The highest BCUT2D eigenvalue weighted by Crippen LogP contribution is 2.56. The number of hydrogen-bond donors (Lipinski definition) is 1. The van der Waals surface area contributed by atoms with Crippen LogP contribution in [0.2, 0.25) is 5.02 Å². The summed E-state index contributed by atoms with van der Waals surface area (Å²) in [6.07, 6.45) is 0.286. The van der Waals surface area contributed by atoms with Crippen molar-refractivity contribution in [1.82, 2.24) is 5.32 Å². The minimum absolute atomic E-state index is 0.0299. The molecule has 0 aromatic heterocycles. The maximum absolute atomic E-state index is 15.0. The highest BCUT2D eigenvalue weighted by molar-refractivity contribution is 6.36. The number of nitrogens with one attached hydrogen (secondary N) is 1. The summed E-state index contributed by atoms with van der Waals surface area (Å²) in [5.74, 6) is -2.09. The smallest absolute Gasteiger partial charge is 0.336 e. The summed E-state index contributed by atoms with van der Waals surface area (Å²) in [4.78, 5) is 42.8. The number of fused-ring (bicyclic) bond motifs is 2. The van der Waals surface area contributed by atoms with Crippen LogP contribution in [0.5, 0.6) is 23.0 Å². The van der Waals surface area contributed by atoms with Crippen LogP contribution in [0.1, 0.15) is 42.1 Å². The normalized spacial score (nSPS) is 22.7. The number of ether oxygens (including phenoxy) is 5. The zero-order chi connectivity index (χ0) is 30.8. The van der Waals surface area contributed by atoms with Gasteiger partial charge in [0.15, 0.2) is 5.75 Å². The molecule has 222 valence electrons. The van der Waals surface area contributed by atoms with Gasteiger partial charge in [0.05, 0.1) is 34.0 Å². The van der Waals surface area contributed by atoms with Crippen LogP contribution in [0.4, 0.5) is 0 Å². The summed E-state index contributed by atoms with van der Waals surface area (Å²) in [5.41, 5.74) is 0.497. The van der Waals surface area contributed by atoms with E-state index in [1.807, 2.05) is 30.3 Å². The van der Waals surface area contributed by atoms with Gasteiger partial charge in [0, 0.05) is 40.3 Å². The minimum atomic E-state index is -1.95. The molecule has 3 aromatic rings. The quantitative estimate of drug-likeness (QED) is 0.297. The molecular weight excluding hydrogens is 574 g/mol. The van der Waals surface area contributed by atoms with Gasteiger partial charge in [0.25, 0.3) is 0 Å². The van der Waals surface area contributed by atoms with Crippen molar-refractivity contribution in [3.8, 4) is 23.0 Å². The molecule has 1 spiro atoms. The number of carbonyl (C=O) groups excluding carboxylic acids is 3. The number of dihydropyridines is 1. The van der Waals surface area contributed by atoms with E-state index in [0.29, 0.717) is 22.7 Å². The van der Waals surface area contributed by atoms with Crippen LogP contribution in [0, 0.1) is 5.92 Å². The number of halogens is 1. The van der Waals surface area contributed by atoms with Gasteiger partial charge >= 0.3 is 5.97 Å². The molecule has 0 fully saturated rings. The van der Waals surface area contributed by atoms with Crippen LogP contribution in [0.3, 0.4) is 0 Å². The van der Waals surface area contributed by atoms with Crippen molar-refractivity contribution in [2.75, 3.05) is 28.4 Å². The number of allylic oxidation sites excluding steroid dienone is 2. The van der Waals surface area contributed by atoms with Crippen molar-refractivity contribution in [3.05, 3.63) is 81.2 Å². The van der Waals surface area contributed by atoms with E-state index in [9.17, 15) is 14.4 Å². The van der Waals surface area contributed by atoms with Crippen molar-refractivity contribution in [3.63, 3.8) is 0 Å². The number of rotatable bonds is 5. The average Bonchev–Trinajstić information content (AvgIpc) is 3.33. The van der Waals surface area contributed by atoms with Gasteiger partial charge in [-0.3, -0.25) is 9.59 Å². The van der Waals surface area contributed by atoms with Gasteiger partial charge in [-0.2, -0.15) is 0 Å². The Hall–Kier alpha value is -4.50. The molecule has 3 aliphatic rings. The molecule has 0 bridgehead atoms. The average molecular weight is 604 g/mol. The van der Waals surface area contributed by atoms with Crippen LogP contribution < -0.4 is 24.3 Å². The van der Waals surface area contributed by atoms with E-state index in [0.717, 1.165) is 10.8 Å². The van der Waals surface area contributed by atoms with Crippen LogP contribution in [0.15, 0.2) is 65.0 Å². The number of carbonyl (C=O) groups is 3. The Morgan fingerprint density at radius 1 is 0.953 bits per heavy atom. The summed E-state index contributed by atoms with van der Waals surface area (Å²) in [6, 6.07) is 12.7. The van der Waals surface area contributed by atoms with Gasteiger partial charge in [-0.25, -0.2) is 4.79 Å². The minimum Gasteiger partial charge on any atom is -0.496 e. The summed E-state index contributed by atoms with van der Waals surface area (Å²) in [6.45, 7) is 3.57. The molecule has 1 N–H and O–H groups in total. The number of ketones is 2. The summed E-state index contributed by atoms with van der Waals surface area (Å²) < 4.78 is 28.1. The highest BCUT2D eigenvalue weighted by atomic mass is 35.5. The molecule has 0 saturated carbocycles. The largest absolute Gasteiger partial charge is 0.496 e. The fourth-order valence-electron chi connectivity index (χ4n) is 6.69. The van der Waals surface area contributed by atoms with Gasteiger partial charge in [0.1, 0.15) is 27.8 Å². The van der Waals surface area contributed by atoms with Crippen LogP contribution in [-0.2, 0) is 14.3 Å². The Bertz CT molecular complexity index is 1810.